The van der Waals surface area contributed by atoms with Gasteiger partial charge in [0.25, 0.3) is 0 Å². The average molecular weight is 213 g/mol. The van der Waals surface area contributed by atoms with Crippen LogP contribution in [-0.2, 0) is 9.59 Å². The molecule has 0 fully saturated rings. The standard InChI is InChI=1S/C8H2ClFN2O2/c9-7-5(10)1-2-6(11-3-13)8(7)12-4-14/h1-2H. The van der Waals surface area contributed by atoms with Gasteiger partial charge in [-0.2, -0.15) is 9.98 Å². The summed E-state index contributed by atoms with van der Waals surface area (Å²) >= 11 is 5.48. The second-order valence-electron chi connectivity index (χ2n) is 2.14. The fourth-order valence-corrected chi connectivity index (χ4v) is 1.02. The number of hydrogen-bond donors (Lipinski definition) is 0. The first kappa shape index (κ1) is 10.3. The fraction of sp³-hybridized carbons (Fsp3) is 0. The van der Waals surface area contributed by atoms with E-state index in [-0.39, 0.29) is 16.4 Å². The molecular formula is C8H2ClFN2O2. The van der Waals surface area contributed by atoms with Gasteiger partial charge in [0.1, 0.15) is 22.2 Å². The zero-order valence-corrected chi connectivity index (χ0v) is 7.38. The van der Waals surface area contributed by atoms with Crippen LogP contribution in [0, 0.1) is 5.82 Å². The van der Waals surface area contributed by atoms with Crippen LogP contribution in [0.25, 0.3) is 0 Å². The molecule has 0 aliphatic rings. The number of nitrogens with zero attached hydrogens (tertiary/aromatic N) is 2. The molecule has 0 radical (unpaired) electrons. The molecule has 0 spiro atoms. The van der Waals surface area contributed by atoms with Crippen LogP contribution in [0.4, 0.5) is 15.8 Å². The van der Waals surface area contributed by atoms with Crippen molar-refractivity contribution in [1.82, 2.24) is 0 Å². The second-order valence-corrected chi connectivity index (χ2v) is 2.51. The molecule has 0 heterocycles. The Morgan fingerprint density at radius 1 is 1.21 bits per heavy atom. The molecule has 0 N–H and O–H groups in total. The molecule has 0 aliphatic heterocycles. The third-order valence-electron chi connectivity index (χ3n) is 1.37. The minimum atomic E-state index is -0.759. The summed E-state index contributed by atoms with van der Waals surface area (Å²) in [5, 5.41) is -0.384. The van der Waals surface area contributed by atoms with Crippen molar-refractivity contribution in [3.63, 3.8) is 0 Å². The molecule has 0 unspecified atom stereocenters. The molecule has 0 aliphatic carbocycles. The van der Waals surface area contributed by atoms with E-state index in [4.69, 9.17) is 11.6 Å². The van der Waals surface area contributed by atoms with Crippen LogP contribution in [-0.4, -0.2) is 12.2 Å². The normalized spacial score (nSPS) is 8.71. The minimum absolute atomic E-state index is 0.0326. The van der Waals surface area contributed by atoms with Crippen LogP contribution in [0.3, 0.4) is 0 Å². The summed E-state index contributed by atoms with van der Waals surface area (Å²) in [7, 11) is 0. The summed E-state index contributed by atoms with van der Waals surface area (Å²) in [6, 6.07) is 2.16. The molecule has 0 saturated carbocycles. The summed E-state index contributed by atoms with van der Waals surface area (Å²) in [6.07, 6.45) is 2.42. The molecule has 14 heavy (non-hydrogen) atoms. The van der Waals surface area contributed by atoms with Crippen molar-refractivity contribution < 1.29 is 14.0 Å². The SMILES string of the molecule is O=C=Nc1ccc(F)c(Cl)c1N=C=O. The van der Waals surface area contributed by atoms with Gasteiger partial charge in [-0.25, -0.2) is 14.0 Å². The van der Waals surface area contributed by atoms with Gasteiger partial charge in [-0.3, -0.25) is 0 Å². The quantitative estimate of drug-likeness (QED) is 0.558. The van der Waals surface area contributed by atoms with Crippen molar-refractivity contribution in [1.29, 1.82) is 0 Å². The number of carbonyl (C=O) groups excluding carboxylic acids is 2. The first-order valence-corrected chi connectivity index (χ1v) is 3.72. The largest absolute Gasteiger partial charge is 0.240 e. The highest BCUT2D eigenvalue weighted by Gasteiger charge is 2.10. The van der Waals surface area contributed by atoms with Crippen molar-refractivity contribution in [2.75, 3.05) is 0 Å². The van der Waals surface area contributed by atoms with Crippen LogP contribution in [0.1, 0.15) is 0 Å². The van der Waals surface area contributed by atoms with E-state index in [1.165, 1.54) is 12.2 Å². The van der Waals surface area contributed by atoms with E-state index in [0.29, 0.717) is 0 Å². The lowest BCUT2D eigenvalue weighted by molar-refractivity contribution is 0.564. The van der Waals surface area contributed by atoms with E-state index in [0.717, 1.165) is 12.1 Å². The summed E-state index contributed by atoms with van der Waals surface area (Å²) in [5.41, 5.74) is -0.264. The van der Waals surface area contributed by atoms with E-state index >= 15 is 0 Å². The predicted molar refractivity (Wildman–Crippen MR) is 47.0 cm³/mol. The first-order chi connectivity index (χ1) is 6.70. The van der Waals surface area contributed by atoms with Gasteiger partial charge in [-0.05, 0) is 12.1 Å². The summed E-state index contributed by atoms with van der Waals surface area (Å²) in [5.74, 6) is -0.759. The van der Waals surface area contributed by atoms with Gasteiger partial charge in [0.05, 0.1) is 0 Å². The lowest BCUT2D eigenvalue weighted by Crippen LogP contribution is -1.78. The third-order valence-corrected chi connectivity index (χ3v) is 1.73. The van der Waals surface area contributed by atoms with Gasteiger partial charge < -0.3 is 0 Å². The molecule has 0 amide bonds. The average Bonchev–Trinajstić information content (AvgIpc) is 2.18. The molecule has 0 saturated heterocycles. The highest BCUT2D eigenvalue weighted by atomic mass is 35.5. The van der Waals surface area contributed by atoms with Crippen LogP contribution < -0.4 is 0 Å². The van der Waals surface area contributed by atoms with E-state index in [9.17, 15) is 14.0 Å². The molecule has 0 atom stereocenters. The number of hydrogen-bond acceptors (Lipinski definition) is 4. The maximum atomic E-state index is 12.9. The molecule has 4 nitrogen and oxygen atoms in total. The van der Waals surface area contributed by atoms with Crippen LogP contribution >= 0.6 is 11.6 Å². The summed E-state index contributed by atoms with van der Waals surface area (Å²) < 4.78 is 12.9. The Balaban J connectivity index is 3.51. The van der Waals surface area contributed by atoms with Gasteiger partial charge in [-0.15, -0.1) is 0 Å². The molecule has 0 aromatic heterocycles. The van der Waals surface area contributed by atoms with Gasteiger partial charge in [0.2, 0.25) is 12.2 Å². The lowest BCUT2D eigenvalue weighted by atomic mass is 10.2. The van der Waals surface area contributed by atoms with Gasteiger partial charge in [0, 0.05) is 0 Å². The predicted octanol–water partition coefficient (Wildman–Crippen LogP) is 2.41. The lowest BCUT2D eigenvalue weighted by Gasteiger charge is -1.99. The first-order valence-electron chi connectivity index (χ1n) is 3.34. The molecule has 1 aromatic rings. The van der Waals surface area contributed by atoms with Crippen molar-refractivity contribution in [2.45, 2.75) is 0 Å². The van der Waals surface area contributed by atoms with Crippen LogP contribution in [0.2, 0.25) is 5.02 Å². The number of isocyanates is 2. The zero-order chi connectivity index (χ0) is 10.6. The monoisotopic (exact) mass is 212 g/mol. The molecular weight excluding hydrogens is 211 g/mol. The van der Waals surface area contributed by atoms with Crippen LogP contribution in [0.5, 0.6) is 0 Å². The Bertz CT molecular complexity index is 463. The Hall–Kier alpha value is -1.80. The third kappa shape index (κ3) is 1.92. The summed E-state index contributed by atoms with van der Waals surface area (Å²) in [6.45, 7) is 0. The van der Waals surface area contributed by atoms with Crippen molar-refractivity contribution >= 4 is 35.1 Å². The smallest absolute Gasteiger partial charge is 0.211 e. The van der Waals surface area contributed by atoms with Gasteiger partial charge >= 0.3 is 0 Å². The highest BCUT2D eigenvalue weighted by molar-refractivity contribution is 6.33. The van der Waals surface area contributed by atoms with E-state index in [2.05, 4.69) is 9.98 Å². The van der Waals surface area contributed by atoms with Crippen molar-refractivity contribution in [3.05, 3.63) is 23.0 Å². The maximum Gasteiger partial charge on any atom is 0.240 e. The highest BCUT2D eigenvalue weighted by Crippen LogP contribution is 2.36. The van der Waals surface area contributed by atoms with Crippen molar-refractivity contribution in [3.8, 4) is 0 Å². The van der Waals surface area contributed by atoms with E-state index in [1.807, 2.05) is 0 Å². The molecule has 6 heteroatoms. The number of benzene rings is 1. The number of rotatable bonds is 2. The van der Waals surface area contributed by atoms with Crippen molar-refractivity contribution in [2.24, 2.45) is 9.98 Å². The molecule has 1 rings (SSSR count). The van der Waals surface area contributed by atoms with E-state index < -0.39 is 5.82 Å². The Morgan fingerprint density at radius 2 is 1.86 bits per heavy atom. The number of aliphatic imine (C=N–C) groups is 2. The van der Waals surface area contributed by atoms with Crippen LogP contribution in [0.15, 0.2) is 22.1 Å². The molecule has 1 aromatic carbocycles. The van der Waals surface area contributed by atoms with Gasteiger partial charge in [0.15, 0.2) is 0 Å². The minimum Gasteiger partial charge on any atom is -0.211 e. The fourth-order valence-electron chi connectivity index (χ4n) is 0.821. The number of halogens is 2. The zero-order valence-electron chi connectivity index (χ0n) is 6.62. The Kier molecular flexibility index (Phi) is 3.26. The summed E-state index contributed by atoms with van der Waals surface area (Å²) in [4.78, 5) is 26.3. The Labute approximate surface area is 82.7 Å². The molecule has 70 valence electrons. The Morgan fingerprint density at radius 3 is 2.43 bits per heavy atom. The second kappa shape index (κ2) is 4.44. The maximum absolute atomic E-state index is 12.9. The van der Waals surface area contributed by atoms with E-state index in [1.54, 1.807) is 0 Å². The molecule has 0 bridgehead atoms. The van der Waals surface area contributed by atoms with Gasteiger partial charge in [-0.1, -0.05) is 11.6 Å². The topological polar surface area (TPSA) is 58.9 Å².